The molecule has 4 heteroatoms. The minimum absolute atomic E-state index is 0.374. The Kier molecular flexibility index (Phi) is 4.89. The van der Waals surface area contributed by atoms with E-state index in [1.807, 2.05) is 0 Å². The van der Waals surface area contributed by atoms with Crippen LogP contribution in [-0.2, 0) is 0 Å². The Hall–Kier alpha value is 0.611. The van der Waals surface area contributed by atoms with Gasteiger partial charge in [-0.2, -0.15) is 0 Å². The van der Waals surface area contributed by atoms with Crippen LogP contribution >= 0.6 is 0 Å². The molecule has 0 aromatic rings. The molecule has 0 radical (unpaired) electrons. The summed E-state index contributed by atoms with van der Waals surface area (Å²) in [6.07, 6.45) is 1.05. The van der Waals surface area contributed by atoms with E-state index < -0.39 is 24.2 Å². The largest absolute Gasteiger partial charge is 0.396 e. The second-order valence-corrected chi connectivity index (χ2v) is 25.7. The molecule has 0 amide bonds. The summed E-state index contributed by atoms with van der Waals surface area (Å²) < 4.78 is 0.530. The van der Waals surface area contributed by atoms with E-state index in [0.29, 0.717) is 10.9 Å². The van der Waals surface area contributed by atoms with Gasteiger partial charge in [-0.05, 0) is 10.7 Å². The van der Waals surface area contributed by atoms with Crippen LogP contribution < -0.4 is 0 Å². The third-order valence-corrected chi connectivity index (χ3v) is 26.3. The summed E-state index contributed by atoms with van der Waals surface area (Å²) in [5, 5.41) is 9.56. The van der Waals surface area contributed by atoms with E-state index in [1.165, 1.54) is 0 Å². The predicted molar refractivity (Wildman–Crippen MR) is 84.4 cm³/mol. The maximum Gasteiger partial charge on any atom is 0.0453 e. The molecular formula is C12H32OSi3. The van der Waals surface area contributed by atoms with Crippen molar-refractivity contribution in [3.63, 3.8) is 0 Å². The first-order chi connectivity index (χ1) is 6.81. The van der Waals surface area contributed by atoms with E-state index in [4.69, 9.17) is 0 Å². The Morgan fingerprint density at radius 1 is 0.688 bits per heavy atom. The Morgan fingerprint density at radius 3 is 1.00 bits per heavy atom. The average molecular weight is 277 g/mol. The van der Waals surface area contributed by atoms with Gasteiger partial charge in [-0.3, -0.25) is 0 Å². The zero-order valence-electron chi connectivity index (χ0n) is 12.9. The molecule has 0 unspecified atom stereocenters. The number of hydrogen-bond donors (Lipinski definition) is 1. The van der Waals surface area contributed by atoms with Crippen LogP contribution in [0.2, 0.25) is 63.2 Å². The van der Waals surface area contributed by atoms with Gasteiger partial charge in [0.05, 0.1) is 0 Å². The highest BCUT2D eigenvalue weighted by Crippen LogP contribution is 2.55. The zero-order chi connectivity index (χ0) is 13.4. The van der Waals surface area contributed by atoms with Gasteiger partial charge in [0, 0.05) is 30.8 Å². The van der Waals surface area contributed by atoms with E-state index in [9.17, 15) is 5.11 Å². The van der Waals surface area contributed by atoms with Crippen molar-refractivity contribution in [3.8, 4) is 0 Å². The first-order valence-corrected chi connectivity index (χ1v) is 16.9. The highest BCUT2D eigenvalue weighted by Gasteiger charge is 2.58. The SMILES string of the molecule is C[Si](C)(C)C(CCO)([Si](C)(C)C)[Si](C)(C)C. The third-order valence-electron chi connectivity index (χ3n) is 4.33. The summed E-state index contributed by atoms with van der Waals surface area (Å²) in [6.45, 7) is 23.0. The van der Waals surface area contributed by atoms with Gasteiger partial charge >= 0.3 is 0 Å². The Labute approximate surface area is 106 Å². The summed E-state index contributed by atoms with van der Waals surface area (Å²) >= 11 is 0. The Balaban J connectivity index is 5.82. The van der Waals surface area contributed by atoms with Gasteiger partial charge < -0.3 is 5.11 Å². The second-order valence-electron chi connectivity index (χ2n) is 8.13. The molecule has 0 heterocycles. The second kappa shape index (κ2) is 4.71. The monoisotopic (exact) mass is 276 g/mol. The molecule has 0 aliphatic heterocycles. The summed E-state index contributed by atoms with van der Waals surface area (Å²) in [5.74, 6) is 0. The van der Waals surface area contributed by atoms with Crippen molar-refractivity contribution >= 4 is 24.2 Å². The number of aliphatic hydroxyl groups excluding tert-OH is 1. The normalized spacial score (nSPS) is 15.4. The van der Waals surface area contributed by atoms with Crippen LogP contribution in [0.1, 0.15) is 6.42 Å². The minimum atomic E-state index is -1.27. The third kappa shape index (κ3) is 2.71. The van der Waals surface area contributed by atoms with Gasteiger partial charge in [0.15, 0.2) is 0 Å². The van der Waals surface area contributed by atoms with Crippen LogP contribution in [0.25, 0.3) is 0 Å². The molecule has 0 aromatic carbocycles. The molecule has 0 saturated carbocycles. The van der Waals surface area contributed by atoms with Crippen molar-refractivity contribution in [2.75, 3.05) is 6.61 Å². The molecule has 16 heavy (non-hydrogen) atoms. The van der Waals surface area contributed by atoms with Gasteiger partial charge in [-0.15, -0.1) is 0 Å². The molecule has 0 aliphatic carbocycles. The maximum absolute atomic E-state index is 9.56. The zero-order valence-corrected chi connectivity index (χ0v) is 15.9. The summed E-state index contributed by atoms with van der Waals surface area (Å²) in [7, 11) is -3.80. The van der Waals surface area contributed by atoms with E-state index >= 15 is 0 Å². The summed E-state index contributed by atoms with van der Waals surface area (Å²) in [6, 6.07) is 0. The molecule has 1 N–H and O–H groups in total. The van der Waals surface area contributed by atoms with Crippen LogP contribution in [-0.4, -0.2) is 35.9 Å². The minimum Gasteiger partial charge on any atom is -0.396 e. The molecule has 98 valence electrons. The molecule has 0 rings (SSSR count). The molecule has 0 atom stereocenters. The van der Waals surface area contributed by atoms with Gasteiger partial charge in [-0.1, -0.05) is 58.9 Å². The molecule has 0 saturated heterocycles. The average Bonchev–Trinajstić information content (AvgIpc) is 1.91. The quantitative estimate of drug-likeness (QED) is 0.746. The van der Waals surface area contributed by atoms with E-state index in [-0.39, 0.29) is 0 Å². The van der Waals surface area contributed by atoms with E-state index in [1.54, 1.807) is 0 Å². The lowest BCUT2D eigenvalue weighted by Crippen LogP contribution is -2.65. The highest BCUT2D eigenvalue weighted by molar-refractivity contribution is 7.15. The Bertz CT molecular complexity index is 194. The first kappa shape index (κ1) is 16.6. The maximum atomic E-state index is 9.56. The number of rotatable bonds is 5. The highest BCUT2D eigenvalue weighted by atomic mass is 28.5. The van der Waals surface area contributed by atoms with Crippen molar-refractivity contribution in [2.45, 2.75) is 69.6 Å². The molecule has 0 fully saturated rings. The van der Waals surface area contributed by atoms with Crippen molar-refractivity contribution in [1.29, 1.82) is 0 Å². The lowest BCUT2D eigenvalue weighted by Gasteiger charge is -2.59. The van der Waals surface area contributed by atoms with Crippen molar-refractivity contribution in [1.82, 2.24) is 0 Å². The number of aliphatic hydroxyl groups is 1. The van der Waals surface area contributed by atoms with Gasteiger partial charge in [-0.25, -0.2) is 0 Å². The van der Waals surface area contributed by atoms with Crippen LogP contribution in [0.4, 0.5) is 0 Å². The first-order valence-electron chi connectivity index (χ1n) is 6.42. The molecule has 0 spiro atoms. The lowest BCUT2D eigenvalue weighted by molar-refractivity contribution is 0.285. The standard InChI is InChI=1S/C12H32OSi3/c1-14(2,3)12(10-11-13,15(4,5)6)16(7,8)9/h13H,10-11H2,1-9H3. The predicted octanol–water partition coefficient (Wildman–Crippen LogP) is 4.20. The fourth-order valence-electron chi connectivity index (χ4n) is 4.67. The van der Waals surface area contributed by atoms with Gasteiger partial charge in [0.2, 0.25) is 0 Å². The topological polar surface area (TPSA) is 20.2 Å². The van der Waals surface area contributed by atoms with Gasteiger partial charge in [0.1, 0.15) is 0 Å². The lowest BCUT2D eigenvalue weighted by atomic mass is 10.5. The molecule has 0 aromatic heterocycles. The van der Waals surface area contributed by atoms with Crippen molar-refractivity contribution in [3.05, 3.63) is 0 Å². The number of hydrogen-bond acceptors (Lipinski definition) is 1. The van der Waals surface area contributed by atoms with Crippen LogP contribution in [0, 0.1) is 0 Å². The Morgan fingerprint density at radius 2 is 0.938 bits per heavy atom. The summed E-state index contributed by atoms with van der Waals surface area (Å²) in [4.78, 5) is 0. The van der Waals surface area contributed by atoms with Crippen LogP contribution in [0.15, 0.2) is 0 Å². The van der Waals surface area contributed by atoms with Crippen LogP contribution in [0.5, 0.6) is 0 Å². The molecule has 0 bridgehead atoms. The van der Waals surface area contributed by atoms with Crippen molar-refractivity contribution < 1.29 is 5.11 Å². The molecule has 0 aliphatic rings. The van der Waals surface area contributed by atoms with Gasteiger partial charge in [0.25, 0.3) is 0 Å². The van der Waals surface area contributed by atoms with E-state index in [2.05, 4.69) is 58.9 Å². The smallest absolute Gasteiger partial charge is 0.0453 e. The molecule has 1 nitrogen and oxygen atoms in total. The van der Waals surface area contributed by atoms with Crippen LogP contribution in [0.3, 0.4) is 0 Å². The fourth-order valence-corrected chi connectivity index (χ4v) is 34.3. The summed E-state index contributed by atoms with van der Waals surface area (Å²) in [5.41, 5.74) is 0. The van der Waals surface area contributed by atoms with Crippen molar-refractivity contribution in [2.24, 2.45) is 0 Å². The molecular weight excluding hydrogens is 244 g/mol. The van der Waals surface area contributed by atoms with E-state index in [0.717, 1.165) is 6.42 Å². The fraction of sp³-hybridized carbons (Fsp3) is 1.00.